The Kier molecular flexibility index (Phi) is 3.22. The molecule has 0 aromatic heterocycles. The molecule has 3 nitrogen and oxygen atoms in total. The van der Waals surface area contributed by atoms with Gasteiger partial charge in [-0.1, -0.05) is 0 Å². The third-order valence-corrected chi connectivity index (χ3v) is 1.79. The number of methoxy groups -OCH3 is 1. The second-order valence-corrected chi connectivity index (χ2v) is 2.64. The highest BCUT2D eigenvalue weighted by atomic mass is 19.1. The van der Waals surface area contributed by atoms with E-state index in [9.17, 15) is 9.50 Å². The zero-order valence-corrected chi connectivity index (χ0v) is 7.33. The first-order chi connectivity index (χ1) is 6.19. The molecule has 0 heterocycles. The maximum absolute atomic E-state index is 13.1. The predicted octanol–water partition coefficient (Wildman–Crippen LogP) is 0.826. The van der Waals surface area contributed by atoms with E-state index in [0.29, 0.717) is 5.75 Å². The smallest absolute Gasteiger partial charge is 0.129 e. The molecule has 1 rings (SSSR count). The van der Waals surface area contributed by atoms with Crippen molar-refractivity contribution in [3.05, 3.63) is 29.6 Å². The Morgan fingerprint density at radius 1 is 1.62 bits per heavy atom. The molecule has 0 aliphatic rings. The van der Waals surface area contributed by atoms with Crippen LogP contribution in [0.15, 0.2) is 18.2 Å². The predicted molar refractivity (Wildman–Crippen MR) is 47.0 cm³/mol. The van der Waals surface area contributed by atoms with Crippen LogP contribution >= 0.6 is 0 Å². The quantitative estimate of drug-likeness (QED) is 0.733. The number of nitrogens with two attached hydrogens (primary N) is 1. The molecule has 3 N–H and O–H groups in total. The largest absolute Gasteiger partial charge is 0.497 e. The van der Waals surface area contributed by atoms with Crippen molar-refractivity contribution >= 4 is 0 Å². The first-order valence-corrected chi connectivity index (χ1v) is 3.90. The Bertz CT molecular complexity index is 291. The van der Waals surface area contributed by atoms with E-state index in [1.807, 2.05) is 0 Å². The third kappa shape index (κ3) is 2.17. The van der Waals surface area contributed by atoms with Crippen LogP contribution in [0.5, 0.6) is 5.75 Å². The van der Waals surface area contributed by atoms with Gasteiger partial charge in [-0.2, -0.15) is 0 Å². The van der Waals surface area contributed by atoms with Gasteiger partial charge in [0, 0.05) is 12.1 Å². The summed E-state index contributed by atoms with van der Waals surface area (Å²) in [5.74, 6) is 0.0302. The number of halogens is 1. The minimum atomic E-state index is -0.977. The van der Waals surface area contributed by atoms with Crippen LogP contribution in [0.25, 0.3) is 0 Å². The standard InChI is InChI=1S/C9H12FNO2/c1-13-6-2-3-8(10)7(4-6)9(12)5-11/h2-4,9,12H,5,11H2,1H3. The molecule has 1 unspecified atom stereocenters. The van der Waals surface area contributed by atoms with Crippen LogP contribution in [0.1, 0.15) is 11.7 Å². The lowest BCUT2D eigenvalue weighted by atomic mass is 10.1. The normalized spacial score (nSPS) is 12.6. The number of hydrogen-bond donors (Lipinski definition) is 2. The van der Waals surface area contributed by atoms with E-state index in [4.69, 9.17) is 10.5 Å². The molecule has 1 aromatic carbocycles. The number of ether oxygens (including phenoxy) is 1. The summed E-state index contributed by atoms with van der Waals surface area (Å²) in [6.45, 7) is -0.00983. The fourth-order valence-corrected chi connectivity index (χ4v) is 1.03. The van der Waals surface area contributed by atoms with Crippen molar-refractivity contribution in [2.75, 3.05) is 13.7 Å². The molecule has 13 heavy (non-hydrogen) atoms. The number of aliphatic hydroxyl groups is 1. The highest BCUT2D eigenvalue weighted by molar-refractivity contribution is 5.31. The van der Waals surface area contributed by atoms with Gasteiger partial charge in [0.1, 0.15) is 11.6 Å². The van der Waals surface area contributed by atoms with Gasteiger partial charge in [0.15, 0.2) is 0 Å². The molecular weight excluding hydrogens is 173 g/mol. The Morgan fingerprint density at radius 3 is 2.85 bits per heavy atom. The van der Waals surface area contributed by atoms with E-state index in [-0.39, 0.29) is 12.1 Å². The first kappa shape index (κ1) is 9.95. The molecule has 0 radical (unpaired) electrons. The van der Waals surface area contributed by atoms with E-state index < -0.39 is 11.9 Å². The maximum Gasteiger partial charge on any atom is 0.129 e. The minimum Gasteiger partial charge on any atom is -0.497 e. The van der Waals surface area contributed by atoms with E-state index in [2.05, 4.69) is 0 Å². The molecule has 72 valence electrons. The number of aliphatic hydroxyl groups excluding tert-OH is 1. The second-order valence-electron chi connectivity index (χ2n) is 2.64. The van der Waals surface area contributed by atoms with Crippen LogP contribution in [-0.4, -0.2) is 18.8 Å². The fourth-order valence-electron chi connectivity index (χ4n) is 1.03. The van der Waals surface area contributed by atoms with E-state index >= 15 is 0 Å². The number of hydrogen-bond acceptors (Lipinski definition) is 3. The van der Waals surface area contributed by atoms with Crippen molar-refractivity contribution in [3.63, 3.8) is 0 Å². The molecule has 0 aliphatic heterocycles. The van der Waals surface area contributed by atoms with Gasteiger partial charge in [0.05, 0.1) is 13.2 Å². The van der Waals surface area contributed by atoms with Crippen molar-refractivity contribution in [1.82, 2.24) is 0 Å². The third-order valence-electron chi connectivity index (χ3n) is 1.79. The summed E-state index contributed by atoms with van der Waals surface area (Å²) in [5, 5.41) is 9.31. The Hall–Kier alpha value is -1.13. The first-order valence-electron chi connectivity index (χ1n) is 3.90. The molecule has 0 fully saturated rings. The van der Waals surface area contributed by atoms with Crippen LogP contribution < -0.4 is 10.5 Å². The van der Waals surface area contributed by atoms with Gasteiger partial charge in [-0.3, -0.25) is 0 Å². The van der Waals surface area contributed by atoms with Crippen molar-refractivity contribution in [1.29, 1.82) is 0 Å². The summed E-state index contributed by atoms with van der Waals surface area (Å²) < 4.78 is 18.0. The summed E-state index contributed by atoms with van der Waals surface area (Å²) in [6, 6.07) is 4.17. The molecule has 0 amide bonds. The lowest BCUT2D eigenvalue weighted by Gasteiger charge is -2.10. The average molecular weight is 185 g/mol. The molecule has 0 bridgehead atoms. The van der Waals surface area contributed by atoms with Crippen LogP contribution in [0, 0.1) is 5.82 Å². The Balaban J connectivity index is 3.03. The lowest BCUT2D eigenvalue weighted by Crippen LogP contribution is -2.13. The van der Waals surface area contributed by atoms with Gasteiger partial charge in [-0.25, -0.2) is 4.39 Å². The van der Waals surface area contributed by atoms with Gasteiger partial charge in [-0.05, 0) is 18.2 Å². The van der Waals surface area contributed by atoms with Gasteiger partial charge in [-0.15, -0.1) is 0 Å². The van der Waals surface area contributed by atoms with Gasteiger partial charge in [0.2, 0.25) is 0 Å². The highest BCUT2D eigenvalue weighted by Crippen LogP contribution is 2.21. The van der Waals surface area contributed by atoms with Crippen LogP contribution in [-0.2, 0) is 0 Å². The summed E-state index contributed by atoms with van der Waals surface area (Å²) in [5.41, 5.74) is 5.38. The van der Waals surface area contributed by atoms with E-state index in [1.165, 1.54) is 25.3 Å². The van der Waals surface area contributed by atoms with E-state index in [0.717, 1.165) is 0 Å². The van der Waals surface area contributed by atoms with Crippen LogP contribution in [0.4, 0.5) is 4.39 Å². The van der Waals surface area contributed by atoms with Crippen molar-refractivity contribution < 1.29 is 14.2 Å². The molecule has 4 heteroatoms. The number of rotatable bonds is 3. The Morgan fingerprint density at radius 2 is 2.31 bits per heavy atom. The summed E-state index contributed by atoms with van der Waals surface area (Å²) in [7, 11) is 1.48. The summed E-state index contributed by atoms with van der Waals surface area (Å²) in [4.78, 5) is 0. The van der Waals surface area contributed by atoms with Gasteiger partial charge >= 0.3 is 0 Å². The Labute approximate surface area is 75.9 Å². The fraction of sp³-hybridized carbons (Fsp3) is 0.333. The average Bonchev–Trinajstić information content (AvgIpc) is 2.17. The topological polar surface area (TPSA) is 55.5 Å². The maximum atomic E-state index is 13.1. The zero-order chi connectivity index (χ0) is 9.84. The molecule has 0 saturated heterocycles. The summed E-state index contributed by atoms with van der Waals surface area (Å²) in [6.07, 6.45) is -0.977. The van der Waals surface area contributed by atoms with Crippen molar-refractivity contribution in [2.24, 2.45) is 5.73 Å². The van der Waals surface area contributed by atoms with Crippen molar-refractivity contribution in [2.45, 2.75) is 6.10 Å². The molecule has 0 aliphatic carbocycles. The van der Waals surface area contributed by atoms with Crippen LogP contribution in [0.3, 0.4) is 0 Å². The zero-order valence-electron chi connectivity index (χ0n) is 7.33. The number of benzene rings is 1. The molecule has 0 saturated carbocycles. The summed E-state index contributed by atoms with van der Waals surface area (Å²) >= 11 is 0. The van der Waals surface area contributed by atoms with Gasteiger partial charge in [0.25, 0.3) is 0 Å². The SMILES string of the molecule is COc1ccc(F)c(C(O)CN)c1. The monoisotopic (exact) mass is 185 g/mol. The molecular formula is C9H12FNO2. The second kappa shape index (κ2) is 4.20. The van der Waals surface area contributed by atoms with Crippen LogP contribution in [0.2, 0.25) is 0 Å². The molecule has 1 aromatic rings. The molecule has 1 atom stereocenters. The van der Waals surface area contributed by atoms with E-state index in [1.54, 1.807) is 0 Å². The van der Waals surface area contributed by atoms with Crippen molar-refractivity contribution in [3.8, 4) is 5.75 Å². The highest BCUT2D eigenvalue weighted by Gasteiger charge is 2.11. The lowest BCUT2D eigenvalue weighted by molar-refractivity contribution is 0.181. The van der Waals surface area contributed by atoms with Gasteiger partial charge < -0.3 is 15.6 Å². The minimum absolute atomic E-state index is 0.00983. The molecule has 0 spiro atoms.